The van der Waals surface area contributed by atoms with Gasteiger partial charge in [-0.1, -0.05) is 13.0 Å². The molecule has 22 heavy (non-hydrogen) atoms. The summed E-state index contributed by atoms with van der Waals surface area (Å²) in [4.78, 5) is 0. The van der Waals surface area contributed by atoms with Crippen LogP contribution in [0, 0.1) is 17.3 Å². The molecule has 0 amide bonds. The summed E-state index contributed by atoms with van der Waals surface area (Å²) in [5, 5.41) is 40.7. The van der Waals surface area contributed by atoms with Crippen LogP contribution in [-0.4, -0.2) is 38.7 Å². The van der Waals surface area contributed by atoms with E-state index in [0.29, 0.717) is 11.7 Å². The smallest absolute Gasteiger partial charge is 0.115 e. The number of rotatable bonds is 0. The van der Waals surface area contributed by atoms with Gasteiger partial charge in [-0.05, 0) is 66.7 Å². The molecule has 120 valence electrons. The average molecular weight is 304 g/mol. The van der Waals surface area contributed by atoms with Crippen molar-refractivity contribution in [2.75, 3.05) is 0 Å². The molecule has 0 heterocycles. The summed E-state index contributed by atoms with van der Waals surface area (Å²) in [7, 11) is 0. The minimum absolute atomic E-state index is 0.0572. The number of aryl methyl sites for hydroxylation is 1. The molecule has 4 rings (SSSR count). The van der Waals surface area contributed by atoms with Crippen molar-refractivity contribution < 1.29 is 20.4 Å². The van der Waals surface area contributed by atoms with Crippen molar-refractivity contribution >= 4 is 0 Å². The Morgan fingerprint density at radius 2 is 1.86 bits per heavy atom. The van der Waals surface area contributed by atoms with Gasteiger partial charge < -0.3 is 20.4 Å². The van der Waals surface area contributed by atoms with Gasteiger partial charge in [0.1, 0.15) is 11.9 Å². The van der Waals surface area contributed by atoms with Gasteiger partial charge in [-0.2, -0.15) is 0 Å². The number of hydrogen-bond donors (Lipinski definition) is 4. The molecular weight excluding hydrogens is 280 g/mol. The van der Waals surface area contributed by atoms with Crippen LogP contribution >= 0.6 is 0 Å². The lowest BCUT2D eigenvalue weighted by molar-refractivity contribution is -0.0505. The standard InChI is InChI=1S/C18H24O4/c1-18-7-6-12-11-5-3-10(19)8-9(11)2-4-13(12)14(18)15(20)16(21)17(18)22/h3,5,8,12-17,19-22H,2,4,6-7H2,1H3/t12-,13?,14-,15?,16?,17+,18?/m1/s1. The topological polar surface area (TPSA) is 80.9 Å². The third-order valence-corrected chi connectivity index (χ3v) is 6.72. The third kappa shape index (κ3) is 1.75. The van der Waals surface area contributed by atoms with Crippen LogP contribution in [0.25, 0.3) is 0 Å². The van der Waals surface area contributed by atoms with Crippen LogP contribution in [0.5, 0.6) is 5.75 Å². The molecule has 3 aliphatic carbocycles. The maximum atomic E-state index is 10.5. The highest BCUT2D eigenvalue weighted by Crippen LogP contribution is 2.60. The fourth-order valence-corrected chi connectivity index (χ4v) is 5.62. The fraction of sp³-hybridized carbons (Fsp3) is 0.667. The normalized spacial score (nSPS) is 46.7. The molecule has 0 radical (unpaired) electrons. The first-order valence-electron chi connectivity index (χ1n) is 8.29. The summed E-state index contributed by atoms with van der Waals surface area (Å²) in [6.45, 7) is 2.02. The van der Waals surface area contributed by atoms with Crippen LogP contribution in [0.4, 0.5) is 0 Å². The van der Waals surface area contributed by atoms with E-state index in [-0.39, 0.29) is 11.8 Å². The molecule has 0 spiro atoms. The molecule has 4 nitrogen and oxygen atoms in total. The Morgan fingerprint density at radius 1 is 1.09 bits per heavy atom. The molecule has 2 saturated carbocycles. The van der Waals surface area contributed by atoms with Crippen LogP contribution < -0.4 is 0 Å². The van der Waals surface area contributed by atoms with Crippen molar-refractivity contribution in [1.82, 2.24) is 0 Å². The van der Waals surface area contributed by atoms with E-state index < -0.39 is 23.7 Å². The Bertz CT molecular complexity index is 601. The van der Waals surface area contributed by atoms with Crippen LogP contribution in [0.2, 0.25) is 0 Å². The van der Waals surface area contributed by atoms with E-state index >= 15 is 0 Å². The van der Waals surface area contributed by atoms with Gasteiger partial charge in [0, 0.05) is 5.41 Å². The van der Waals surface area contributed by atoms with Crippen LogP contribution in [0.1, 0.15) is 43.2 Å². The molecule has 0 bridgehead atoms. The predicted octanol–water partition coefficient (Wildman–Crippen LogP) is 1.55. The molecule has 3 aliphatic rings. The molecule has 2 fully saturated rings. The fourth-order valence-electron chi connectivity index (χ4n) is 5.62. The first kappa shape index (κ1) is 14.5. The number of fused-ring (bicyclic) bond motifs is 5. The number of hydrogen-bond acceptors (Lipinski definition) is 4. The first-order chi connectivity index (χ1) is 10.4. The van der Waals surface area contributed by atoms with Crippen molar-refractivity contribution in [3.63, 3.8) is 0 Å². The summed E-state index contributed by atoms with van der Waals surface area (Å²) in [6.07, 6.45) is 0.894. The van der Waals surface area contributed by atoms with Gasteiger partial charge in [0.2, 0.25) is 0 Å². The van der Waals surface area contributed by atoms with Gasteiger partial charge in [0.05, 0.1) is 12.2 Å². The minimum Gasteiger partial charge on any atom is -0.508 e. The predicted molar refractivity (Wildman–Crippen MR) is 81.5 cm³/mol. The Hall–Kier alpha value is -1.10. The molecule has 0 aliphatic heterocycles. The van der Waals surface area contributed by atoms with E-state index in [1.54, 1.807) is 6.07 Å². The number of phenols is 1. The molecule has 7 atom stereocenters. The third-order valence-electron chi connectivity index (χ3n) is 6.72. The second-order valence-corrected chi connectivity index (χ2v) is 7.69. The van der Waals surface area contributed by atoms with Crippen molar-refractivity contribution in [3.8, 4) is 5.75 Å². The Morgan fingerprint density at radius 3 is 2.64 bits per heavy atom. The molecule has 1 aromatic rings. The zero-order valence-electron chi connectivity index (χ0n) is 12.8. The lowest BCUT2D eigenvalue weighted by Crippen LogP contribution is -2.46. The van der Waals surface area contributed by atoms with Gasteiger partial charge in [-0.25, -0.2) is 0 Å². The van der Waals surface area contributed by atoms with Crippen molar-refractivity contribution in [2.45, 2.75) is 56.8 Å². The first-order valence-corrected chi connectivity index (χ1v) is 8.29. The van der Waals surface area contributed by atoms with E-state index in [1.807, 2.05) is 19.1 Å². The van der Waals surface area contributed by atoms with Gasteiger partial charge in [0.25, 0.3) is 0 Å². The Labute approximate surface area is 130 Å². The van der Waals surface area contributed by atoms with E-state index in [9.17, 15) is 20.4 Å². The number of phenolic OH excluding ortho intramolecular Hbond substituents is 1. The number of benzene rings is 1. The molecule has 4 unspecified atom stereocenters. The Balaban J connectivity index is 1.74. The van der Waals surface area contributed by atoms with Gasteiger partial charge in [-0.15, -0.1) is 0 Å². The lowest BCUT2D eigenvalue weighted by atomic mass is 9.55. The highest BCUT2D eigenvalue weighted by molar-refractivity contribution is 5.40. The van der Waals surface area contributed by atoms with E-state index in [0.717, 1.165) is 25.7 Å². The van der Waals surface area contributed by atoms with Crippen molar-refractivity contribution in [2.24, 2.45) is 17.3 Å². The van der Waals surface area contributed by atoms with Gasteiger partial charge >= 0.3 is 0 Å². The molecule has 4 heteroatoms. The zero-order chi connectivity index (χ0) is 15.6. The molecule has 4 N–H and O–H groups in total. The van der Waals surface area contributed by atoms with Gasteiger partial charge in [-0.3, -0.25) is 0 Å². The summed E-state index contributed by atoms with van der Waals surface area (Å²) < 4.78 is 0. The van der Waals surface area contributed by atoms with E-state index in [1.165, 1.54) is 11.1 Å². The zero-order valence-corrected chi connectivity index (χ0v) is 12.8. The molecule has 1 aromatic carbocycles. The van der Waals surface area contributed by atoms with E-state index in [2.05, 4.69) is 0 Å². The van der Waals surface area contributed by atoms with E-state index in [4.69, 9.17) is 0 Å². The SMILES string of the molecule is CC12CC[C@@H]3c4ccc(O)cc4CCC3[C@@H]1C(O)C(O)[C@@H]2O. The lowest BCUT2D eigenvalue weighted by Gasteiger charge is -2.50. The Kier molecular flexibility index (Phi) is 3.09. The minimum atomic E-state index is -1.03. The number of aliphatic hydroxyl groups excluding tert-OH is 3. The molecule has 0 saturated heterocycles. The summed E-state index contributed by atoms with van der Waals surface area (Å²) in [5.41, 5.74) is 2.09. The van der Waals surface area contributed by atoms with Crippen molar-refractivity contribution in [1.29, 1.82) is 0 Å². The second kappa shape index (κ2) is 4.70. The highest BCUT2D eigenvalue weighted by atomic mass is 16.4. The maximum Gasteiger partial charge on any atom is 0.115 e. The quantitative estimate of drug-likeness (QED) is 0.586. The number of aliphatic hydroxyl groups is 3. The summed E-state index contributed by atoms with van der Waals surface area (Å²) >= 11 is 0. The monoisotopic (exact) mass is 304 g/mol. The summed E-state index contributed by atoms with van der Waals surface area (Å²) in [5.74, 6) is 0.898. The molecule has 0 aromatic heterocycles. The van der Waals surface area contributed by atoms with Crippen LogP contribution in [-0.2, 0) is 6.42 Å². The van der Waals surface area contributed by atoms with Gasteiger partial charge in [0.15, 0.2) is 0 Å². The maximum absolute atomic E-state index is 10.5. The van der Waals surface area contributed by atoms with Crippen LogP contribution in [0.3, 0.4) is 0 Å². The second-order valence-electron chi connectivity index (χ2n) is 7.69. The average Bonchev–Trinajstić information content (AvgIpc) is 2.68. The largest absolute Gasteiger partial charge is 0.508 e. The molecular formula is C18H24O4. The van der Waals surface area contributed by atoms with Crippen LogP contribution in [0.15, 0.2) is 18.2 Å². The summed E-state index contributed by atoms with van der Waals surface area (Å²) in [6, 6.07) is 5.61. The van der Waals surface area contributed by atoms with Crippen molar-refractivity contribution in [3.05, 3.63) is 29.3 Å². The highest BCUT2D eigenvalue weighted by Gasteiger charge is 2.62. The number of aromatic hydroxyl groups is 1.